The molecule has 0 bridgehead atoms. The highest BCUT2D eigenvalue weighted by atomic mass is 35.5. The highest BCUT2D eigenvalue weighted by Crippen LogP contribution is 2.16. The van der Waals surface area contributed by atoms with Crippen molar-refractivity contribution in [3.05, 3.63) is 29.3 Å². The van der Waals surface area contributed by atoms with Crippen LogP contribution in [0.3, 0.4) is 0 Å². The van der Waals surface area contributed by atoms with Gasteiger partial charge in [0.1, 0.15) is 0 Å². The summed E-state index contributed by atoms with van der Waals surface area (Å²) in [4.78, 5) is 12.1. The average molecular weight is 282 g/mol. The Morgan fingerprint density at radius 2 is 2.11 bits per heavy atom. The van der Waals surface area contributed by atoms with Gasteiger partial charge in [0.15, 0.2) is 6.04 Å². The standard InChI is InChI=1S/C15H21ClN2O/c1-11(17-13-7-3-2-4-8-13)15(19)18-14-9-5-6-12(16)10-14/h5-6,9-11,13,17H,2-4,7-8H2,1H3,(H,18,19)/p+1/t11-/m0/s1. The Morgan fingerprint density at radius 1 is 1.37 bits per heavy atom. The molecule has 0 aromatic heterocycles. The smallest absolute Gasteiger partial charge is 0.282 e. The third-order valence-corrected chi connectivity index (χ3v) is 3.95. The fraction of sp³-hybridized carbons (Fsp3) is 0.533. The number of carbonyl (C=O) groups is 1. The monoisotopic (exact) mass is 281 g/mol. The van der Waals surface area contributed by atoms with Crippen LogP contribution in [0.2, 0.25) is 5.02 Å². The predicted molar refractivity (Wildman–Crippen MR) is 78.3 cm³/mol. The molecule has 0 saturated heterocycles. The number of benzene rings is 1. The van der Waals surface area contributed by atoms with Gasteiger partial charge in [0.2, 0.25) is 0 Å². The maximum Gasteiger partial charge on any atom is 0.282 e. The van der Waals surface area contributed by atoms with E-state index in [-0.39, 0.29) is 11.9 Å². The van der Waals surface area contributed by atoms with Crippen molar-refractivity contribution in [2.75, 3.05) is 5.32 Å². The van der Waals surface area contributed by atoms with Gasteiger partial charge < -0.3 is 10.6 Å². The third-order valence-electron chi connectivity index (χ3n) is 3.72. The van der Waals surface area contributed by atoms with Gasteiger partial charge in [-0.05, 0) is 50.8 Å². The van der Waals surface area contributed by atoms with Crippen LogP contribution in [0.1, 0.15) is 39.0 Å². The Balaban J connectivity index is 1.84. The van der Waals surface area contributed by atoms with Crippen molar-refractivity contribution in [1.29, 1.82) is 0 Å². The molecule has 1 atom stereocenters. The second kappa shape index (κ2) is 6.92. The summed E-state index contributed by atoms with van der Waals surface area (Å²) in [6.45, 7) is 1.97. The lowest BCUT2D eigenvalue weighted by atomic mass is 9.95. The van der Waals surface area contributed by atoms with Crippen LogP contribution in [0.25, 0.3) is 0 Å². The second-order valence-electron chi connectivity index (χ2n) is 5.38. The largest absolute Gasteiger partial charge is 0.334 e. The first kappa shape index (κ1) is 14.4. The van der Waals surface area contributed by atoms with Gasteiger partial charge >= 0.3 is 0 Å². The summed E-state index contributed by atoms with van der Waals surface area (Å²) in [5.41, 5.74) is 0.765. The van der Waals surface area contributed by atoms with Crippen LogP contribution in [0.5, 0.6) is 0 Å². The molecule has 4 heteroatoms. The first-order valence-corrected chi connectivity index (χ1v) is 7.44. The molecule has 1 aliphatic carbocycles. The Bertz CT molecular complexity index is 430. The Hall–Kier alpha value is -1.06. The van der Waals surface area contributed by atoms with Crippen LogP contribution in [0.4, 0.5) is 5.69 Å². The summed E-state index contributed by atoms with van der Waals surface area (Å²) in [5.74, 6) is 0.0489. The molecule has 0 unspecified atom stereocenters. The molecule has 19 heavy (non-hydrogen) atoms. The molecule has 3 N–H and O–H groups in total. The van der Waals surface area contributed by atoms with E-state index >= 15 is 0 Å². The zero-order valence-corrected chi connectivity index (χ0v) is 12.1. The highest BCUT2D eigenvalue weighted by molar-refractivity contribution is 6.30. The Kier molecular flexibility index (Phi) is 5.23. The fourth-order valence-corrected chi connectivity index (χ4v) is 2.83. The minimum Gasteiger partial charge on any atom is -0.334 e. The van der Waals surface area contributed by atoms with Crippen molar-refractivity contribution in [3.63, 3.8) is 0 Å². The number of quaternary nitrogens is 1. The first-order valence-electron chi connectivity index (χ1n) is 7.06. The van der Waals surface area contributed by atoms with E-state index in [1.54, 1.807) is 12.1 Å². The summed E-state index contributed by atoms with van der Waals surface area (Å²) < 4.78 is 0. The predicted octanol–water partition coefficient (Wildman–Crippen LogP) is 2.56. The van der Waals surface area contributed by atoms with E-state index in [9.17, 15) is 4.79 Å². The van der Waals surface area contributed by atoms with Gasteiger partial charge in [-0.1, -0.05) is 24.1 Å². The maximum absolute atomic E-state index is 12.1. The zero-order chi connectivity index (χ0) is 13.7. The van der Waals surface area contributed by atoms with Crippen molar-refractivity contribution in [3.8, 4) is 0 Å². The topological polar surface area (TPSA) is 45.7 Å². The van der Waals surface area contributed by atoms with E-state index in [0.29, 0.717) is 11.1 Å². The van der Waals surface area contributed by atoms with Crippen LogP contribution < -0.4 is 10.6 Å². The van der Waals surface area contributed by atoms with E-state index in [2.05, 4.69) is 10.6 Å². The summed E-state index contributed by atoms with van der Waals surface area (Å²) in [7, 11) is 0. The molecule has 1 aromatic carbocycles. The SMILES string of the molecule is C[C@H]([NH2+]C1CCCCC1)C(=O)Nc1cccc(Cl)c1. The van der Waals surface area contributed by atoms with Gasteiger partial charge in [-0.3, -0.25) is 4.79 Å². The van der Waals surface area contributed by atoms with E-state index in [0.717, 1.165) is 5.69 Å². The number of amides is 1. The molecule has 1 saturated carbocycles. The van der Waals surface area contributed by atoms with Gasteiger partial charge in [0.05, 0.1) is 6.04 Å². The van der Waals surface area contributed by atoms with Gasteiger partial charge in [-0.15, -0.1) is 0 Å². The lowest BCUT2D eigenvalue weighted by molar-refractivity contribution is -0.708. The number of halogens is 1. The van der Waals surface area contributed by atoms with Crippen molar-refractivity contribution in [1.82, 2.24) is 0 Å². The molecular weight excluding hydrogens is 260 g/mol. The van der Waals surface area contributed by atoms with Gasteiger partial charge in [-0.2, -0.15) is 0 Å². The summed E-state index contributed by atoms with van der Waals surface area (Å²) in [6, 6.07) is 7.82. The lowest BCUT2D eigenvalue weighted by Gasteiger charge is -2.23. The molecule has 1 amide bonds. The quantitative estimate of drug-likeness (QED) is 0.875. The highest BCUT2D eigenvalue weighted by Gasteiger charge is 2.23. The molecule has 3 nitrogen and oxygen atoms in total. The Labute approximate surface area is 119 Å². The average Bonchev–Trinajstić information content (AvgIpc) is 2.40. The molecule has 0 aliphatic heterocycles. The number of hydrogen-bond donors (Lipinski definition) is 2. The number of nitrogens with one attached hydrogen (secondary N) is 1. The van der Waals surface area contributed by atoms with Gasteiger partial charge in [-0.25, -0.2) is 0 Å². The Morgan fingerprint density at radius 3 is 2.79 bits per heavy atom. The van der Waals surface area contributed by atoms with Gasteiger partial charge in [0.25, 0.3) is 5.91 Å². The minimum absolute atomic E-state index is 0.0489. The molecule has 1 fully saturated rings. The summed E-state index contributed by atoms with van der Waals surface area (Å²) >= 11 is 5.90. The molecule has 1 aromatic rings. The van der Waals surface area contributed by atoms with Crippen molar-refractivity contribution >= 4 is 23.2 Å². The van der Waals surface area contributed by atoms with Crippen molar-refractivity contribution in [2.45, 2.75) is 51.1 Å². The number of nitrogens with two attached hydrogens (primary N) is 1. The molecule has 104 valence electrons. The van der Waals surface area contributed by atoms with E-state index in [1.807, 2.05) is 19.1 Å². The van der Waals surface area contributed by atoms with Crippen molar-refractivity contribution in [2.24, 2.45) is 0 Å². The zero-order valence-electron chi connectivity index (χ0n) is 11.4. The second-order valence-corrected chi connectivity index (χ2v) is 5.82. The first-order chi connectivity index (χ1) is 9.15. The van der Waals surface area contributed by atoms with E-state index in [1.165, 1.54) is 32.1 Å². The van der Waals surface area contributed by atoms with Crippen LogP contribution in [-0.4, -0.2) is 18.0 Å². The maximum atomic E-state index is 12.1. The summed E-state index contributed by atoms with van der Waals surface area (Å²) in [5, 5.41) is 5.77. The van der Waals surface area contributed by atoms with Crippen LogP contribution in [0, 0.1) is 0 Å². The van der Waals surface area contributed by atoms with Crippen molar-refractivity contribution < 1.29 is 10.1 Å². The number of carbonyl (C=O) groups excluding carboxylic acids is 1. The molecule has 0 spiro atoms. The van der Waals surface area contributed by atoms with Crippen LogP contribution in [-0.2, 0) is 4.79 Å². The van der Waals surface area contributed by atoms with E-state index < -0.39 is 0 Å². The molecule has 1 aliphatic rings. The van der Waals surface area contributed by atoms with E-state index in [4.69, 9.17) is 11.6 Å². The number of rotatable bonds is 4. The molecule has 0 radical (unpaired) electrons. The van der Waals surface area contributed by atoms with Crippen LogP contribution >= 0.6 is 11.6 Å². The molecular formula is C15H22ClN2O+. The number of hydrogen-bond acceptors (Lipinski definition) is 1. The fourth-order valence-electron chi connectivity index (χ4n) is 2.64. The third kappa shape index (κ3) is 4.51. The molecule has 0 heterocycles. The minimum atomic E-state index is -0.0536. The summed E-state index contributed by atoms with van der Waals surface area (Å²) in [6.07, 6.45) is 6.39. The molecule has 2 rings (SSSR count). The normalized spacial score (nSPS) is 18.0. The van der Waals surface area contributed by atoms with Crippen LogP contribution in [0.15, 0.2) is 24.3 Å². The van der Waals surface area contributed by atoms with Gasteiger partial charge in [0, 0.05) is 10.7 Å². The lowest BCUT2D eigenvalue weighted by Crippen LogP contribution is -2.96. The number of anilines is 1.